The van der Waals surface area contributed by atoms with Crippen LogP contribution in [0.5, 0.6) is 0 Å². The Hall–Kier alpha value is -1.62. The lowest BCUT2D eigenvalue weighted by Crippen LogP contribution is -2.13. The van der Waals surface area contributed by atoms with Crippen molar-refractivity contribution in [2.75, 3.05) is 0 Å². The van der Waals surface area contributed by atoms with Crippen LogP contribution in [0.15, 0.2) is 18.3 Å². The summed E-state index contributed by atoms with van der Waals surface area (Å²) in [7, 11) is 0. The molecule has 0 radical (unpaired) electrons. The lowest BCUT2D eigenvalue weighted by molar-refractivity contribution is 0.616. The third-order valence-corrected chi connectivity index (χ3v) is 2.39. The van der Waals surface area contributed by atoms with E-state index in [1.165, 1.54) is 0 Å². The van der Waals surface area contributed by atoms with Gasteiger partial charge >= 0.3 is 0 Å². The number of hydrogen-bond donors (Lipinski definition) is 2. The zero-order chi connectivity index (χ0) is 11.4. The molecule has 0 aromatic carbocycles. The van der Waals surface area contributed by atoms with Gasteiger partial charge in [-0.15, -0.1) is 0 Å². The zero-order valence-electron chi connectivity index (χ0n) is 9.70. The van der Waals surface area contributed by atoms with E-state index in [1.54, 1.807) is 0 Å². The predicted octanol–water partition coefficient (Wildman–Crippen LogP) is 1.22. The van der Waals surface area contributed by atoms with Crippen LogP contribution < -0.4 is 5.32 Å². The highest BCUT2D eigenvalue weighted by Gasteiger charge is 1.99. The van der Waals surface area contributed by atoms with Gasteiger partial charge in [-0.25, -0.2) is 0 Å². The van der Waals surface area contributed by atoms with Crippen molar-refractivity contribution >= 4 is 0 Å². The first kappa shape index (κ1) is 10.9. The number of H-pyrrole nitrogens is 1. The average Bonchev–Trinajstić information content (AvgIpc) is 2.88. The molecule has 0 spiro atoms. The van der Waals surface area contributed by atoms with Crippen molar-refractivity contribution in [3.8, 4) is 0 Å². The topological polar surface area (TPSA) is 58.5 Å². The maximum Gasteiger partial charge on any atom is 0.0762 e. The Bertz CT molecular complexity index is 443. The quantitative estimate of drug-likeness (QED) is 0.795. The van der Waals surface area contributed by atoms with Crippen LogP contribution >= 0.6 is 0 Å². The summed E-state index contributed by atoms with van der Waals surface area (Å²) in [6.07, 6.45) is 2.00. The molecule has 0 aliphatic heterocycles. The smallest absolute Gasteiger partial charge is 0.0762 e. The summed E-state index contributed by atoms with van der Waals surface area (Å²) in [6.45, 7) is 6.54. The minimum absolute atomic E-state index is 0.767. The highest BCUT2D eigenvalue weighted by molar-refractivity contribution is 5.06. The molecule has 0 saturated heterocycles. The lowest BCUT2D eigenvalue weighted by Gasteiger charge is -1.99. The first-order valence-electron chi connectivity index (χ1n) is 5.52. The molecule has 2 aromatic rings. The Morgan fingerprint density at radius 2 is 2.19 bits per heavy atom. The Balaban J connectivity index is 1.79. The third kappa shape index (κ3) is 2.70. The van der Waals surface area contributed by atoms with Crippen LogP contribution in [0, 0.1) is 6.92 Å². The minimum Gasteiger partial charge on any atom is -0.305 e. The summed E-state index contributed by atoms with van der Waals surface area (Å²) < 4.78 is 1.93. The van der Waals surface area contributed by atoms with Crippen molar-refractivity contribution in [2.45, 2.75) is 33.5 Å². The van der Waals surface area contributed by atoms with Gasteiger partial charge in [0.15, 0.2) is 0 Å². The fourth-order valence-electron chi connectivity index (χ4n) is 1.56. The second-order valence-electron chi connectivity index (χ2n) is 3.81. The van der Waals surface area contributed by atoms with Crippen LogP contribution in [0.3, 0.4) is 0 Å². The fraction of sp³-hybridized carbons (Fsp3) is 0.455. The molecular weight excluding hydrogens is 202 g/mol. The van der Waals surface area contributed by atoms with Gasteiger partial charge in [0.1, 0.15) is 0 Å². The normalized spacial score (nSPS) is 10.9. The van der Waals surface area contributed by atoms with Gasteiger partial charge in [-0.1, -0.05) is 0 Å². The lowest BCUT2D eigenvalue weighted by atomic mass is 10.3. The molecule has 0 bridgehead atoms. The van der Waals surface area contributed by atoms with Gasteiger partial charge in [0.25, 0.3) is 0 Å². The van der Waals surface area contributed by atoms with Crippen molar-refractivity contribution in [2.24, 2.45) is 0 Å². The summed E-state index contributed by atoms with van der Waals surface area (Å²) in [6, 6.07) is 4.07. The number of rotatable bonds is 5. The molecule has 0 fully saturated rings. The van der Waals surface area contributed by atoms with E-state index >= 15 is 0 Å². The predicted molar refractivity (Wildman–Crippen MR) is 61.8 cm³/mol. The van der Waals surface area contributed by atoms with Crippen LogP contribution in [0.25, 0.3) is 0 Å². The second kappa shape index (κ2) is 4.94. The maximum absolute atomic E-state index is 4.39. The largest absolute Gasteiger partial charge is 0.305 e. The summed E-state index contributed by atoms with van der Waals surface area (Å²) in [5.74, 6) is 0. The highest BCUT2D eigenvalue weighted by atomic mass is 15.3. The molecule has 0 aliphatic rings. The number of aromatic amines is 1. The van der Waals surface area contributed by atoms with Gasteiger partial charge in [0.2, 0.25) is 0 Å². The monoisotopic (exact) mass is 219 g/mol. The molecule has 5 nitrogen and oxygen atoms in total. The summed E-state index contributed by atoms with van der Waals surface area (Å²) in [5.41, 5.74) is 3.19. The Labute approximate surface area is 94.9 Å². The Morgan fingerprint density at radius 3 is 2.81 bits per heavy atom. The van der Waals surface area contributed by atoms with E-state index in [0.717, 1.165) is 36.7 Å². The molecule has 5 heteroatoms. The van der Waals surface area contributed by atoms with Crippen molar-refractivity contribution in [1.82, 2.24) is 25.3 Å². The molecule has 0 aliphatic carbocycles. The summed E-state index contributed by atoms with van der Waals surface area (Å²) >= 11 is 0. The molecule has 16 heavy (non-hydrogen) atoms. The van der Waals surface area contributed by atoms with Gasteiger partial charge in [0.05, 0.1) is 11.4 Å². The van der Waals surface area contributed by atoms with Crippen LogP contribution in [0.2, 0.25) is 0 Å². The van der Waals surface area contributed by atoms with Crippen molar-refractivity contribution in [3.05, 3.63) is 35.4 Å². The average molecular weight is 219 g/mol. The molecule has 2 N–H and O–H groups in total. The van der Waals surface area contributed by atoms with E-state index in [0.29, 0.717) is 0 Å². The van der Waals surface area contributed by atoms with E-state index in [1.807, 2.05) is 29.9 Å². The first-order valence-corrected chi connectivity index (χ1v) is 5.52. The van der Waals surface area contributed by atoms with Crippen LogP contribution in [0.1, 0.15) is 24.0 Å². The highest BCUT2D eigenvalue weighted by Crippen LogP contribution is 1.99. The molecule has 2 heterocycles. The number of nitrogens with one attached hydrogen (secondary N) is 2. The molecule has 0 amide bonds. The van der Waals surface area contributed by atoms with Crippen LogP contribution in [-0.4, -0.2) is 20.0 Å². The van der Waals surface area contributed by atoms with Crippen molar-refractivity contribution in [1.29, 1.82) is 0 Å². The van der Waals surface area contributed by atoms with Gasteiger partial charge < -0.3 is 5.32 Å². The number of aromatic nitrogens is 4. The van der Waals surface area contributed by atoms with E-state index < -0.39 is 0 Å². The van der Waals surface area contributed by atoms with Gasteiger partial charge in [-0.05, 0) is 26.0 Å². The number of aryl methyl sites for hydroxylation is 2. The maximum atomic E-state index is 4.39. The molecule has 0 atom stereocenters. The standard InChI is InChI=1S/C11H17N5/c1-3-16-5-4-10(15-16)7-12-8-11-6-9(2)13-14-11/h4-6,12H,3,7-8H2,1-2H3,(H,13,14). The molecule has 0 unspecified atom stereocenters. The molecular formula is C11H17N5. The Kier molecular flexibility index (Phi) is 3.36. The van der Waals surface area contributed by atoms with E-state index in [4.69, 9.17) is 0 Å². The number of hydrogen-bond acceptors (Lipinski definition) is 3. The van der Waals surface area contributed by atoms with Gasteiger partial charge in [0, 0.05) is 31.5 Å². The van der Waals surface area contributed by atoms with Crippen molar-refractivity contribution < 1.29 is 0 Å². The Morgan fingerprint density at radius 1 is 1.38 bits per heavy atom. The second-order valence-corrected chi connectivity index (χ2v) is 3.81. The molecule has 86 valence electrons. The van der Waals surface area contributed by atoms with E-state index in [9.17, 15) is 0 Å². The first-order chi connectivity index (χ1) is 7.78. The molecule has 0 saturated carbocycles. The van der Waals surface area contributed by atoms with Crippen LogP contribution in [-0.2, 0) is 19.6 Å². The van der Waals surface area contributed by atoms with E-state index in [2.05, 4.69) is 27.5 Å². The van der Waals surface area contributed by atoms with Gasteiger partial charge in [-0.2, -0.15) is 10.2 Å². The molecule has 2 aromatic heterocycles. The van der Waals surface area contributed by atoms with Crippen LogP contribution in [0.4, 0.5) is 0 Å². The molecule has 2 rings (SSSR count). The fourth-order valence-corrected chi connectivity index (χ4v) is 1.56. The van der Waals surface area contributed by atoms with Gasteiger partial charge in [-0.3, -0.25) is 9.78 Å². The summed E-state index contributed by atoms with van der Waals surface area (Å²) in [5, 5.41) is 14.8. The zero-order valence-corrected chi connectivity index (χ0v) is 9.70. The third-order valence-electron chi connectivity index (χ3n) is 2.39. The minimum atomic E-state index is 0.767. The van der Waals surface area contributed by atoms with E-state index in [-0.39, 0.29) is 0 Å². The summed E-state index contributed by atoms with van der Waals surface area (Å²) in [4.78, 5) is 0. The SMILES string of the molecule is CCn1ccc(CNCc2cc(C)[nH]n2)n1. The van der Waals surface area contributed by atoms with Crippen molar-refractivity contribution in [3.63, 3.8) is 0 Å². The number of nitrogens with zero attached hydrogens (tertiary/aromatic N) is 3.